The fourth-order valence-electron chi connectivity index (χ4n) is 1.47. The van der Waals surface area contributed by atoms with Gasteiger partial charge in [0.1, 0.15) is 22.9 Å². The van der Waals surface area contributed by atoms with Crippen LogP contribution in [0.15, 0.2) is 36.5 Å². The number of aromatic nitrogens is 1. The first kappa shape index (κ1) is 12.0. The molecule has 0 saturated heterocycles. The number of aliphatic hydroxyl groups excluding tert-OH is 1. The predicted octanol–water partition coefficient (Wildman–Crippen LogP) is 3.09. The molecule has 1 heterocycles. The van der Waals surface area contributed by atoms with E-state index in [0.29, 0.717) is 5.56 Å². The summed E-state index contributed by atoms with van der Waals surface area (Å²) in [7, 11) is 0. The third kappa shape index (κ3) is 2.78. The molecule has 0 radical (unpaired) electrons. The highest BCUT2D eigenvalue weighted by Crippen LogP contribution is 2.23. The lowest BCUT2D eigenvalue weighted by molar-refractivity contribution is 0.219. The average Bonchev–Trinajstić information content (AvgIpc) is 2.28. The molecule has 1 aromatic heterocycles. The Labute approximate surface area is 102 Å². The highest BCUT2D eigenvalue weighted by Gasteiger charge is 2.13. The van der Waals surface area contributed by atoms with Gasteiger partial charge in [0.2, 0.25) is 0 Å². The molecular formula is C12H8ClF2NO. The third-order valence-corrected chi connectivity index (χ3v) is 2.49. The Morgan fingerprint density at radius 3 is 2.24 bits per heavy atom. The van der Waals surface area contributed by atoms with Crippen LogP contribution in [0.25, 0.3) is 0 Å². The van der Waals surface area contributed by atoms with Gasteiger partial charge in [-0.2, -0.15) is 0 Å². The van der Waals surface area contributed by atoms with Crippen molar-refractivity contribution < 1.29 is 13.9 Å². The van der Waals surface area contributed by atoms with Crippen LogP contribution in [0.1, 0.15) is 17.2 Å². The molecule has 0 spiro atoms. The van der Waals surface area contributed by atoms with Crippen molar-refractivity contribution in [1.29, 1.82) is 0 Å². The molecule has 0 aliphatic rings. The summed E-state index contributed by atoms with van der Waals surface area (Å²) >= 11 is 5.60. The maximum atomic E-state index is 13.0. The molecule has 0 aliphatic heterocycles. The van der Waals surface area contributed by atoms with Crippen LogP contribution in [-0.4, -0.2) is 10.1 Å². The zero-order chi connectivity index (χ0) is 12.4. The highest BCUT2D eigenvalue weighted by molar-refractivity contribution is 6.29. The first-order valence-electron chi connectivity index (χ1n) is 4.82. The molecule has 1 N–H and O–H groups in total. The lowest BCUT2D eigenvalue weighted by atomic mass is 10.0. The second-order valence-electron chi connectivity index (χ2n) is 3.52. The zero-order valence-corrected chi connectivity index (χ0v) is 9.33. The molecule has 88 valence electrons. The Hall–Kier alpha value is -1.52. The second kappa shape index (κ2) is 4.77. The molecule has 5 heteroatoms. The van der Waals surface area contributed by atoms with Crippen molar-refractivity contribution in [3.63, 3.8) is 0 Å². The molecular weight excluding hydrogens is 248 g/mol. The van der Waals surface area contributed by atoms with Crippen LogP contribution in [0.2, 0.25) is 5.15 Å². The number of hydrogen-bond acceptors (Lipinski definition) is 2. The van der Waals surface area contributed by atoms with E-state index >= 15 is 0 Å². The van der Waals surface area contributed by atoms with Crippen LogP contribution in [0.5, 0.6) is 0 Å². The summed E-state index contributed by atoms with van der Waals surface area (Å²) in [5.41, 5.74) is 0.547. The van der Waals surface area contributed by atoms with E-state index in [1.165, 1.54) is 12.3 Å². The molecule has 0 aliphatic carbocycles. The first-order chi connectivity index (χ1) is 8.06. The van der Waals surface area contributed by atoms with Gasteiger partial charge in [0.25, 0.3) is 0 Å². The lowest BCUT2D eigenvalue weighted by Gasteiger charge is -2.11. The Morgan fingerprint density at radius 1 is 1.06 bits per heavy atom. The Balaban J connectivity index is 2.36. The molecule has 2 aromatic rings. The average molecular weight is 256 g/mol. The molecule has 0 bridgehead atoms. The largest absolute Gasteiger partial charge is 0.384 e. The predicted molar refractivity (Wildman–Crippen MR) is 59.7 cm³/mol. The zero-order valence-electron chi connectivity index (χ0n) is 8.57. The molecule has 0 fully saturated rings. The normalized spacial score (nSPS) is 12.5. The molecule has 1 unspecified atom stereocenters. The summed E-state index contributed by atoms with van der Waals surface area (Å²) in [4.78, 5) is 3.79. The molecule has 1 aromatic carbocycles. The molecule has 1 atom stereocenters. The van der Waals surface area contributed by atoms with Crippen molar-refractivity contribution in [1.82, 2.24) is 4.98 Å². The van der Waals surface area contributed by atoms with E-state index in [4.69, 9.17) is 11.6 Å². The van der Waals surface area contributed by atoms with Crippen LogP contribution < -0.4 is 0 Å². The minimum Gasteiger partial charge on any atom is -0.384 e. The number of aliphatic hydroxyl groups is 1. The summed E-state index contributed by atoms with van der Waals surface area (Å²) in [6, 6.07) is 5.93. The van der Waals surface area contributed by atoms with Gasteiger partial charge in [0.15, 0.2) is 0 Å². The summed E-state index contributed by atoms with van der Waals surface area (Å²) < 4.78 is 26.0. The van der Waals surface area contributed by atoms with E-state index in [0.717, 1.165) is 18.2 Å². The van der Waals surface area contributed by atoms with Crippen molar-refractivity contribution in [2.75, 3.05) is 0 Å². The molecule has 0 saturated carbocycles. The SMILES string of the molecule is OC(c1ccc(Cl)nc1)c1cc(F)cc(F)c1. The number of halogens is 3. The monoisotopic (exact) mass is 255 g/mol. The third-order valence-electron chi connectivity index (χ3n) is 2.27. The van der Waals surface area contributed by atoms with Crippen molar-refractivity contribution in [2.24, 2.45) is 0 Å². The van der Waals surface area contributed by atoms with Gasteiger partial charge in [-0.25, -0.2) is 13.8 Å². The molecule has 0 amide bonds. The number of nitrogens with zero attached hydrogens (tertiary/aromatic N) is 1. The van der Waals surface area contributed by atoms with Crippen molar-refractivity contribution >= 4 is 11.6 Å². The van der Waals surface area contributed by atoms with Gasteiger partial charge in [0, 0.05) is 17.8 Å². The van der Waals surface area contributed by atoms with E-state index in [1.807, 2.05) is 0 Å². The van der Waals surface area contributed by atoms with Gasteiger partial charge in [-0.05, 0) is 23.8 Å². The van der Waals surface area contributed by atoms with Crippen LogP contribution >= 0.6 is 11.6 Å². The minimum absolute atomic E-state index is 0.131. The van der Waals surface area contributed by atoms with E-state index < -0.39 is 17.7 Å². The molecule has 2 nitrogen and oxygen atoms in total. The smallest absolute Gasteiger partial charge is 0.129 e. The van der Waals surface area contributed by atoms with Crippen molar-refractivity contribution in [3.05, 3.63) is 64.4 Å². The van der Waals surface area contributed by atoms with Gasteiger partial charge in [-0.1, -0.05) is 17.7 Å². The number of hydrogen-bond donors (Lipinski definition) is 1. The van der Waals surface area contributed by atoms with Crippen molar-refractivity contribution in [2.45, 2.75) is 6.10 Å². The summed E-state index contributed by atoms with van der Waals surface area (Å²) in [6.07, 6.45) is 0.223. The Morgan fingerprint density at radius 2 is 1.71 bits per heavy atom. The Kier molecular flexibility index (Phi) is 3.36. The standard InChI is InChI=1S/C12H8ClF2NO/c13-11-2-1-7(6-16-11)12(17)8-3-9(14)5-10(15)4-8/h1-6,12,17H. The fraction of sp³-hybridized carbons (Fsp3) is 0.0833. The lowest BCUT2D eigenvalue weighted by Crippen LogP contribution is -2.01. The van der Waals surface area contributed by atoms with Crippen LogP contribution in [0, 0.1) is 11.6 Å². The number of rotatable bonds is 2. The maximum Gasteiger partial charge on any atom is 0.129 e. The van der Waals surface area contributed by atoms with Gasteiger partial charge >= 0.3 is 0 Å². The quantitative estimate of drug-likeness (QED) is 0.837. The summed E-state index contributed by atoms with van der Waals surface area (Å²) in [5, 5.41) is 10.2. The van der Waals surface area contributed by atoms with E-state index in [2.05, 4.69) is 4.98 Å². The van der Waals surface area contributed by atoms with Gasteiger partial charge < -0.3 is 5.11 Å². The van der Waals surface area contributed by atoms with E-state index in [9.17, 15) is 13.9 Å². The molecule has 2 rings (SSSR count). The molecule has 17 heavy (non-hydrogen) atoms. The van der Waals surface area contributed by atoms with Gasteiger partial charge in [0.05, 0.1) is 0 Å². The van der Waals surface area contributed by atoms with E-state index in [1.54, 1.807) is 6.07 Å². The fourth-order valence-corrected chi connectivity index (χ4v) is 1.59. The number of pyridine rings is 1. The van der Waals surface area contributed by atoms with Gasteiger partial charge in [-0.15, -0.1) is 0 Å². The summed E-state index contributed by atoms with van der Waals surface area (Å²) in [6.45, 7) is 0. The maximum absolute atomic E-state index is 13.0. The minimum atomic E-state index is -1.13. The van der Waals surface area contributed by atoms with E-state index in [-0.39, 0.29) is 10.7 Å². The Bertz CT molecular complexity index is 510. The number of benzene rings is 1. The van der Waals surface area contributed by atoms with Crippen LogP contribution in [0.3, 0.4) is 0 Å². The first-order valence-corrected chi connectivity index (χ1v) is 5.19. The van der Waals surface area contributed by atoms with Crippen LogP contribution in [-0.2, 0) is 0 Å². The van der Waals surface area contributed by atoms with Crippen LogP contribution in [0.4, 0.5) is 8.78 Å². The van der Waals surface area contributed by atoms with Crippen molar-refractivity contribution in [3.8, 4) is 0 Å². The van der Waals surface area contributed by atoms with Gasteiger partial charge in [-0.3, -0.25) is 0 Å². The second-order valence-corrected chi connectivity index (χ2v) is 3.91. The topological polar surface area (TPSA) is 33.1 Å². The summed E-state index contributed by atoms with van der Waals surface area (Å²) in [5.74, 6) is -1.47. The highest BCUT2D eigenvalue weighted by atomic mass is 35.5.